The van der Waals surface area contributed by atoms with Crippen molar-refractivity contribution in [3.8, 4) is 0 Å². The molecule has 17 heavy (non-hydrogen) atoms. The molecular formula is C15H29NO. The third kappa shape index (κ3) is 3.96. The van der Waals surface area contributed by atoms with E-state index in [-0.39, 0.29) is 0 Å². The molecule has 0 aromatic carbocycles. The molecule has 2 aliphatic rings. The first-order valence-corrected chi connectivity index (χ1v) is 7.62. The SMILES string of the molecule is CNC1CCCCCC1OC1CCC(C)CC1. The Morgan fingerprint density at radius 3 is 2.29 bits per heavy atom. The largest absolute Gasteiger partial charge is 0.373 e. The second kappa shape index (κ2) is 6.75. The predicted molar refractivity (Wildman–Crippen MR) is 72.2 cm³/mol. The van der Waals surface area contributed by atoms with Gasteiger partial charge in [-0.3, -0.25) is 0 Å². The summed E-state index contributed by atoms with van der Waals surface area (Å²) in [4.78, 5) is 0. The van der Waals surface area contributed by atoms with E-state index in [4.69, 9.17) is 4.74 Å². The number of nitrogens with one attached hydrogen (secondary N) is 1. The summed E-state index contributed by atoms with van der Waals surface area (Å²) in [6.07, 6.45) is 13.0. The monoisotopic (exact) mass is 239 g/mol. The molecular weight excluding hydrogens is 210 g/mol. The van der Waals surface area contributed by atoms with Crippen LogP contribution in [0, 0.1) is 5.92 Å². The molecule has 2 rings (SSSR count). The van der Waals surface area contributed by atoms with Crippen molar-refractivity contribution < 1.29 is 4.74 Å². The van der Waals surface area contributed by atoms with E-state index in [1.807, 2.05) is 0 Å². The lowest BCUT2D eigenvalue weighted by Gasteiger charge is -2.33. The van der Waals surface area contributed by atoms with Gasteiger partial charge in [0.05, 0.1) is 12.2 Å². The number of rotatable bonds is 3. The van der Waals surface area contributed by atoms with Gasteiger partial charge >= 0.3 is 0 Å². The zero-order valence-electron chi connectivity index (χ0n) is 11.6. The van der Waals surface area contributed by atoms with Crippen LogP contribution in [0.3, 0.4) is 0 Å². The molecule has 0 bridgehead atoms. The van der Waals surface area contributed by atoms with Crippen LogP contribution in [0.5, 0.6) is 0 Å². The summed E-state index contributed by atoms with van der Waals surface area (Å²) in [7, 11) is 2.09. The van der Waals surface area contributed by atoms with Crippen LogP contribution >= 0.6 is 0 Å². The second-order valence-electron chi connectivity index (χ2n) is 6.09. The van der Waals surface area contributed by atoms with Crippen LogP contribution in [0.1, 0.15) is 64.7 Å². The molecule has 2 saturated carbocycles. The van der Waals surface area contributed by atoms with E-state index < -0.39 is 0 Å². The van der Waals surface area contributed by atoms with E-state index >= 15 is 0 Å². The molecule has 2 unspecified atom stereocenters. The first-order valence-electron chi connectivity index (χ1n) is 7.62. The van der Waals surface area contributed by atoms with Crippen molar-refractivity contribution in [1.29, 1.82) is 0 Å². The molecule has 2 heteroatoms. The molecule has 0 saturated heterocycles. The molecule has 0 radical (unpaired) electrons. The standard InChI is InChI=1S/C15H29NO/c1-12-8-10-13(11-9-12)17-15-7-5-3-4-6-14(15)16-2/h12-16H,3-11H2,1-2H3. The molecule has 2 nitrogen and oxygen atoms in total. The molecule has 0 amide bonds. The third-order valence-electron chi connectivity index (χ3n) is 4.65. The zero-order chi connectivity index (χ0) is 12.1. The first-order chi connectivity index (χ1) is 8.29. The van der Waals surface area contributed by atoms with E-state index in [1.165, 1.54) is 57.8 Å². The minimum absolute atomic E-state index is 0.473. The van der Waals surface area contributed by atoms with E-state index in [0.29, 0.717) is 18.2 Å². The van der Waals surface area contributed by atoms with Gasteiger partial charge in [0.2, 0.25) is 0 Å². The van der Waals surface area contributed by atoms with E-state index in [1.54, 1.807) is 0 Å². The molecule has 2 aliphatic carbocycles. The van der Waals surface area contributed by atoms with Crippen LogP contribution in [-0.2, 0) is 4.74 Å². The lowest BCUT2D eigenvalue weighted by atomic mass is 9.88. The van der Waals surface area contributed by atoms with Gasteiger partial charge in [-0.15, -0.1) is 0 Å². The van der Waals surface area contributed by atoms with Gasteiger partial charge in [0.25, 0.3) is 0 Å². The average Bonchev–Trinajstić information content (AvgIpc) is 2.57. The van der Waals surface area contributed by atoms with Gasteiger partial charge < -0.3 is 10.1 Å². The van der Waals surface area contributed by atoms with Gasteiger partial charge in [-0.05, 0) is 51.5 Å². The summed E-state index contributed by atoms with van der Waals surface area (Å²) in [5.74, 6) is 0.920. The molecule has 0 aromatic heterocycles. The highest BCUT2D eigenvalue weighted by Crippen LogP contribution is 2.29. The summed E-state index contributed by atoms with van der Waals surface area (Å²) in [6.45, 7) is 2.37. The van der Waals surface area contributed by atoms with Crippen molar-refractivity contribution in [3.63, 3.8) is 0 Å². The summed E-state index contributed by atoms with van der Waals surface area (Å²) in [5, 5.41) is 3.47. The number of ether oxygens (including phenoxy) is 1. The van der Waals surface area contributed by atoms with Crippen molar-refractivity contribution in [1.82, 2.24) is 5.32 Å². The van der Waals surface area contributed by atoms with E-state index in [9.17, 15) is 0 Å². The normalized spacial score (nSPS) is 39.9. The number of likely N-dealkylation sites (N-methyl/N-ethyl adjacent to an activating group) is 1. The highest BCUT2D eigenvalue weighted by atomic mass is 16.5. The summed E-state index contributed by atoms with van der Waals surface area (Å²) >= 11 is 0. The minimum Gasteiger partial charge on any atom is -0.373 e. The molecule has 0 heterocycles. The molecule has 2 fully saturated rings. The minimum atomic E-state index is 0.473. The fourth-order valence-electron chi connectivity index (χ4n) is 3.38. The van der Waals surface area contributed by atoms with E-state index in [0.717, 1.165) is 5.92 Å². The Morgan fingerprint density at radius 2 is 1.59 bits per heavy atom. The fourth-order valence-corrected chi connectivity index (χ4v) is 3.38. The van der Waals surface area contributed by atoms with Crippen LogP contribution in [0.2, 0.25) is 0 Å². The first kappa shape index (κ1) is 13.4. The molecule has 2 atom stereocenters. The fraction of sp³-hybridized carbons (Fsp3) is 1.00. The van der Waals surface area contributed by atoms with Gasteiger partial charge in [0, 0.05) is 6.04 Å². The van der Waals surface area contributed by atoms with Gasteiger partial charge in [-0.1, -0.05) is 26.2 Å². The Labute approximate surface area is 107 Å². The average molecular weight is 239 g/mol. The Bertz CT molecular complexity index is 211. The molecule has 1 N–H and O–H groups in total. The number of hydrogen-bond donors (Lipinski definition) is 1. The Morgan fingerprint density at radius 1 is 0.882 bits per heavy atom. The summed E-state index contributed by atoms with van der Waals surface area (Å²) in [5.41, 5.74) is 0. The maximum atomic E-state index is 6.40. The lowest BCUT2D eigenvalue weighted by molar-refractivity contribution is -0.0531. The van der Waals surface area contributed by atoms with Crippen molar-refractivity contribution >= 4 is 0 Å². The van der Waals surface area contributed by atoms with Crippen molar-refractivity contribution in [2.45, 2.75) is 83.0 Å². The number of hydrogen-bond acceptors (Lipinski definition) is 2. The molecule has 0 spiro atoms. The van der Waals surface area contributed by atoms with Crippen molar-refractivity contribution in [2.75, 3.05) is 7.05 Å². The van der Waals surface area contributed by atoms with Crippen LogP contribution < -0.4 is 5.32 Å². The van der Waals surface area contributed by atoms with E-state index in [2.05, 4.69) is 19.3 Å². The maximum absolute atomic E-state index is 6.40. The molecule has 100 valence electrons. The second-order valence-corrected chi connectivity index (χ2v) is 6.09. The van der Waals surface area contributed by atoms with Crippen LogP contribution in [0.4, 0.5) is 0 Å². The summed E-state index contributed by atoms with van der Waals surface area (Å²) in [6, 6.07) is 0.594. The van der Waals surface area contributed by atoms with Crippen LogP contribution in [0.15, 0.2) is 0 Å². The van der Waals surface area contributed by atoms with Crippen molar-refractivity contribution in [2.24, 2.45) is 5.92 Å². The Balaban J connectivity index is 1.82. The van der Waals surface area contributed by atoms with Gasteiger partial charge in [0.1, 0.15) is 0 Å². The maximum Gasteiger partial charge on any atom is 0.0731 e. The van der Waals surface area contributed by atoms with Crippen LogP contribution in [0.25, 0.3) is 0 Å². The third-order valence-corrected chi connectivity index (χ3v) is 4.65. The van der Waals surface area contributed by atoms with Crippen LogP contribution in [-0.4, -0.2) is 25.3 Å². The van der Waals surface area contributed by atoms with Gasteiger partial charge in [0.15, 0.2) is 0 Å². The van der Waals surface area contributed by atoms with Crippen molar-refractivity contribution in [3.05, 3.63) is 0 Å². The van der Waals surface area contributed by atoms with Gasteiger partial charge in [-0.2, -0.15) is 0 Å². The Hall–Kier alpha value is -0.0800. The highest BCUT2D eigenvalue weighted by Gasteiger charge is 2.27. The smallest absolute Gasteiger partial charge is 0.0731 e. The molecule has 0 aromatic rings. The quantitative estimate of drug-likeness (QED) is 0.761. The highest BCUT2D eigenvalue weighted by molar-refractivity contribution is 4.81. The topological polar surface area (TPSA) is 21.3 Å². The zero-order valence-corrected chi connectivity index (χ0v) is 11.6. The molecule has 0 aliphatic heterocycles. The lowest BCUT2D eigenvalue weighted by Crippen LogP contribution is -2.41. The van der Waals surface area contributed by atoms with Gasteiger partial charge in [-0.25, -0.2) is 0 Å². The Kier molecular flexibility index (Phi) is 5.30. The summed E-state index contributed by atoms with van der Waals surface area (Å²) < 4.78 is 6.40. The predicted octanol–water partition coefficient (Wildman–Crippen LogP) is 3.50.